The number of aryl methyl sites for hydroxylation is 2. The third-order valence-corrected chi connectivity index (χ3v) is 6.74. The lowest BCUT2D eigenvalue weighted by Crippen LogP contribution is -2.25. The molecule has 3 aromatic heterocycles. The predicted octanol–water partition coefficient (Wildman–Crippen LogP) is 2.88. The van der Waals surface area contributed by atoms with E-state index in [4.69, 9.17) is 4.42 Å². The molecule has 0 radical (unpaired) electrons. The molecule has 0 saturated carbocycles. The van der Waals surface area contributed by atoms with Crippen molar-refractivity contribution in [2.45, 2.75) is 37.4 Å². The minimum atomic E-state index is -0.119. The first kappa shape index (κ1) is 17.4. The summed E-state index contributed by atoms with van der Waals surface area (Å²) in [5.41, 5.74) is 1.19. The van der Waals surface area contributed by atoms with E-state index in [9.17, 15) is 9.59 Å². The number of nitrogens with one attached hydrogen (secondary N) is 1. The molecule has 0 atom stereocenters. The molecule has 3 heterocycles. The molecule has 0 spiro atoms. The van der Waals surface area contributed by atoms with Gasteiger partial charge < -0.3 is 9.73 Å². The van der Waals surface area contributed by atoms with Crippen LogP contribution in [-0.2, 0) is 31.2 Å². The van der Waals surface area contributed by atoms with Crippen molar-refractivity contribution in [1.82, 2.24) is 14.9 Å². The highest BCUT2D eigenvalue weighted by Crippen LogP contribution is 2.34. The van der Waals surface area contributed by atoms with Crippen molar-refractivity contribution < 1.29 is 9.21 Å². The standard InChI is InChI=1S/C18H19N3O3S2/c1-21-17(23)15-12-6-2-3-7-13(12)26-16(15)20-18(21)25-10-14(22)19-9-11-5-4-8-24-11/h4-5,8H,2-3,6-7,9-10H2,1H3,(H,19,22). The molecular formula is C18H19N3O3S2. The minimum Gasteiger partial charge on any atom is -0.467 e. The molecule has 1 N–H and O–H groups in total. The number of nitrogens with zero attached hydrogens (tertiary/aromatic N) is 2. The van der Waals surface area contributed by atoms with E-state index < -0.39 is 0 Å². The molecular weight excluding hydrogens is 370 g/mol. The number of carbonyl (C=O) groups excluding carboxylic acids is 1. The van der Waals surface area contributed by atoms with Crippen LogP contribution in [0.3, 0.4) is 0 Å². The Hall–Kier alpha value is -2.06. The van der Waals surface area contributed by atoms with E-state index in [0.717, 1.165) is 29.5 Å². The average Bonchev–Trinajstić information content (AvgIpc) is 3.28. The van der Waals surface area contributed by atoms with Crippen LogP contribution in [0.25, 0.3) is 10.2 Å². The topological polar surface area (TPSA) is 77.1 Å². The van der Waals surface area contributed by atoms with Crippen LogP contribution in [0.1, 0.15) is 29.0 Å². The zero-order chi connectivity index (χ0) is 18.1. The van der Waals surface area contributed by atoms with Crippen molar-refractivity contribution in [3.63, 3.8) is 0 Å². The molecule has 8 heteroatoms. The third-order valence-electron chi connectivity index (χ3n) is 4.53. The van der Waals surface area contributed by atoms with Gasteiger partial charge in [0.25, 0.3) is 5.56 Å². The lowest BCUT2D eigenvalue weighted by Gasteiger charge is -2.10. The van der Waals surface area contributed by atoms with Gasteiger partial charge in [-0.05, 0) is 43.4 Å². The van der Waals surface area contributed by atoms with Gasteiger partial charge in [-0.15, -0.1) is 11.3 Å². The molecule has 0 aliphatic heterocycles. The lowest BCUT2D eigenvalue weighted by atomic mass is 9.97. The maximum Gasteiger partial charge on any atom is 0.262 e. The Kier molecular flexibility index (Phi) is 4.86. The van der Waals surface area contributed by atoms with E-state index in [2.05, 4.69) is 10.3 Å². The Balaban J connectivity index is 1.50. The van der Waals surface area contributed by atoms with Gasteiger partial charge in [0.2, 0.25) is 5.91 Å². The fourth-order valence-corrected chi connectivity index (χ4v) is 5.28. The van der Waals surface area contributed by atoms with Crippen LogP contribution in [-0.4, -0.2) is 21.2 Å². The number of hydrogen-bond acceptors (Lipinski definition) is 6. The maximum atomic E-state index is 12.8. The van der Waals surface area contributed by atoms with Crippen molar-refractivity contribution >= 4 is 39.2 Å². The zero-order valence-corrected chi connectivity index (χ0v) is 16.0. The van der Waals surface area contributed by atoms with Gasteiger partial charge in [-0.25, -0.2) is 4.98 Å². The molecule has 0 fully saturated rings. The summed E-state index contributed by atoms with van der Waals surface area (Å²) in [6.07, 6.45) is 5.89. The van der Waals surface area contributed by atoms with Crippen LogP contribution in [0.2, 0.25) is 0 Å². The van der Waals surface area contributed by atoms with E-state index in [0.29, 0.717) is 17.5 Å². The van der Waals surface area contributed by atoms with Crippen molar-refractivity contribution in [2.75, 3.05) is 5.75 Å². The van der Waals surface area contributed by atoms with Gasteiger partial charge in [0, 0.05) is 11.9 Å². The Morgan fingerprint density at radius 3 is 3.08 bits per heavy atom. The van der Waals surface area contributed by atoms with E-state index >= 15 is 0 Å². The molecule has 0 aromatic carbocycles. The number of amides is 1. The van der Waals surface area contributed by atoms with Gasteiger partial charge in [0.1, 0.15) is 10.6 Å². The van der Waals surface area contributed by atoms with Crippen LogP contribution in [0.4, 0.5) is 0 Å². The summed E-state index contributed by atoms with van der Waals surface area (Å²) in [6, 6.07) is 3.59. The maximum absolute atomic E-state index is 12.8. The largest absolute Gasteiger partial charge is 0.467 e. The third kappa shape index (κ3) is 3.31. The number of hydrogen-bond donors (Lipinski definition) is 1. The van der Waals surface area contributed by atoms with E-state index in [1.165, 1.54) is 28.6 Å². The molecule has 0 unspecified atom stereocenters. The number of thiophene rings is 1. The summed E-state index contributed by atoms with van der Waals surface area (Å²) in [7, 11) is 1.73. The molecule has 26 heavy (non-hydrogen) atoms. The Bertz CT molecular complexity index is 1010. The molecule has 4 rings (SSSR count). The smallest absolute Gasteiger partial charge is 0.262 e. The van der Waals surface area contributed by atoms with Gasteiger partial charge in [0.05, 0.1) is 23.9 Å². The van der Waals surface area contributed by atoms with Crippen LogP contribution in [0, 0.1) is 0 Å². The quantitative estimate of drug-likeness (QED) is 0.536. The lowest BCUT2D eigenvalue weighted by molar-refractivity contribution is -0.118. The predicted molar refractivity (Wildman–Crippen MR) is 103 cm³/mol. The number of carbonyl (C=O) groups is 1. The number of fused-ring (bicyclic) bond motifs is 3. The Morgan fingerprint density at radius 2 is 2.27 bits per heavy atom. The highest BCUT2D eigenvalue weighted by molar-refractivity contribution is 7.99. The SMILES string of the molecule is Cn1c(SCC(=O)NCc2ccco2)nc2sc3c(c2c1=O)CCCC3. The second-order valence-corrected chi connectivity index (χ2v) is 8.32. The first-order valence-corrected chi connectivity index (χ1v) is 10.4. The van der Waals surface area contributed by atoms with Gasteiger partial charge in [-0.3, -0.25) is 14.2 Å². The summed E-state index contributed by atoms with van der Waals surface area (Å²) >= 11 is 2.91. The Morgan fingerprint density at radius 1 is 1.42 bits per heavy atom. The van der Waals surface area contributed by atoms with Crippen LogP contribution < -0.4 is 10.9 Å². The highest BCUT2D eigenvalue weighted by atomic mass is 32.2. The highest BCUT2D eigenvalue weighted by Gasteiger charge is 2.21. The first-order chi connectivity index (χ1) is 12.6. The zero-order valence-electron chi connectivity index (χ0n) is 14.4. The first-order valence-electron chi connectivity index (χ1n) is 8.56. The van der Waals surface area contributed by atoms with Gasteiger partial charge >= 0.3 is 0 Å². The summed E-state index contributed by atoms with van der Waals surface area (Å²) in [5.74, 6) is 0.795. The average molecular weight is 390 g/mol. The summed E-state index contributed by atoms with van der Waals surface area (Å²) < 4.78 is 6.76. The molecule has 1 amide bonds. The van der Waals surface area contributed by atoms with Crippen molar-refractivity contribution in [3.05, 3.63) is 45.0 Å². The van der Waals surface area contributed by atoms with Gasteiger partial charge in [-0.2, -0.15) is 0 Å². The summed E-state index contributed by atoms with van der Waals surface area (Å²) in [5, 5.41) is 4.15. The van der Waals surface area contributed by atoms with Crippen molar-refractivity contribution in [2.24, 2.45) is 7.05 Å². The van der Waals surface area contributed by atoms with Crippen molar-refractivity contribution in [1.29, 1.82) is 0 Å². The van der Waals surface area contributed by atoms with E-state index in [1.807, 2.05) is 6.07 Å². The molecule has 136 valence electrons. The van der Waals surface area contributed by atoms with E-state index in [1.54, 1.807) is 35.3 Å². The normalized spacial score (nSPS) is 13.7. The number of aromatic nitrogens is 2. The van der Waals surface area contributed by atoms with Crippen LogP contribution >= 0.6 is 23.1 Å². The summed E-state index contributed by atoms with van der Waals surface area (Å²) in [4.78, 5) is 31.6. The molecule has 6 nitrogen and oxygen atoms in total. The van der Waals surface area contributed by atoms with Gasteiger partial charge in [-0.1, -0.05) is 11.8 Å². The second-order valence-electron chi connectivity index (χ2n) is 6.29. The number of rotatable bonds is 5. The van der Waals surface area contributed by atoms with Gasteiger partial charge in [0.15, 0.2) is 5.16 Å². The molecule has 3 aromatic rings. The summed E-state index contributed by atoms with van der Waals surface area (Å²) in [6.45, 7) is 0.357. The number of furan rings is 1. The minimum absolute atomic E-state index is 0.00658. The number of thioether (sulfide) groups is 1. The Labute approximate surface area is 158 Å². The molecule has 1 aliphatic carbocycles. The van der Waals surface area contributed by atoms with Crippen LogP contribution in [0.5, 0.6) is 0 Å². The van der Waals surface area contributed by atoms with Crippen LogP contribution in [0.15, 0.2) is 32.8 Å². The second kappa shape index (κ2) is 7.28. The van der Waals surface area contributed by atoms with E-state index in [-0.39, 0.29) is 17.2 Å². The van der Waals surface area contributed by atoms with Crippen molar-refractivity contribution in [3.8, 4) is 0 Å². The monoisotopic (exact) mass is 389 g/mol. The molecule has 0 bridgehead atoms. The molecule has 0 saturated heterocycles. The fourth-order valence-electron chi connectivity index (χ4n) is 3.18. The fraction of sp³-hybridized carbons (Fsp3) is 0.389. The molecule has 1 aliphatic rings.